The van der Waals surface area contributed by atoms with Crippen LogP contribution >= 0.6 is 0 Å². The lowest BCUT2D eigenvalue weighted by Crippen LogP contribution is -2.01. The van der Waals surface area contributed by atoms with Gasteiger partial charge in [-0.05, 0) is 12.8 Å². The Kier molecular flexibility index (Phi) is 18.4. The molecule has 1 nitrogen and oxygen atoms in total. The molecule has 0 saturated heterocycles. The highest BCUT2D eigenvalue weighted by Crippen LogP contribution is 2.16. The fraction of sp³-hybridized carbons (Fsp3) is 0.952. The number of hydrogen-bond donors (Lipinski definition) is 0. The Labute approximate surface area is 140 Å². The third-order valence-electron chi connectivity index (χ3n) is 4.80. The fourth-order valence-corrected chi connectivity index (χ4v) is 3.17. The summed E-state index contributed by atoms with van der Waals surface area (Å²) in [6, 6.07) is 0. The molecule has 0 bridgehead atoms. The van der Waals surface area contributed by atoms with Crippen molar-refractivity contribution in [3.63, 3.8) is 0 Å². The van der Waals surface area contributed by atoms with Crippen LogP contribution in [-0.2, 0) is 4.79 Å². The van der Waals surface area contributed by atoms with Crippen molar-refractivity contribution in [2.45, 2.75) is 123 Å². The van der Waals surface area contributed by atoms with Crippen LogP contribution in [0.25, 0.3) is 0 Å². The van der Waals surface area contributed by atoms with Gasteiger partial charge in [-0.25, -0.2) is 0 Å². The Morgan fingerprint density at radius 2 is 0.909 bits per heavy atom. The lowest BCUT2D eigenvalue weighted by Gasteiger charge is -2.09. The molecular weight excluding hydrogens is 268 g/mol. The molecular formula is C21H42O. The minimum Gasteiger partial charge on any atom is -0.303 e. The summed E-state index contributed by atoms with van der Waals surface area (Å²) in [6.45, 7) is 4.48. The maximum Gasteiger partial charge on any atom is 0.123 e. The molecule has 132 valence electrons. The molecule has 0 fully saturated rings. The number of carbonyl (C=O) groups excluding carboxylic acids is 1. The van der Waals surface area contributed by atoms with E-state index in [0.29, 0.717) is 5.92 Å². The standard InChI is InChI=1S/C21H42O/c1-3-5-7-8-9-10-11-12-13-14-15-16-17-19-21(20-22)18-6-4-2/h20-21H,3-19H2,1-2H3. The van der Waals surface area contributed by atoms with E-state index in [2.05, 4.69) is 13.8 Å². The number of carbonyl (C=O) groups is 1. The molecule has 22 heavy (non-hydrogen) atoms. The van der Waals surface area contributed by atoms with Gasteiger partial charge in [-0.1, -0.05) is 110 Å². The van der Waals surface area contributed by atoms with Gasteiger partial charge in [0.1, 0.15) is 6.29 Å². The number of aldehydes is 1. The highest BCUT2D eigenvalue weighted by Gasteiger charge is 2.05. The number of rotatable bonds is 18. The smallest absolute Gasteiger partial charge is 0.123 e. The van der Waals surface area contributed by atoms with Crippen molar-refractivity contribution in [2.75, 3.05) is 0 Å². The van der Waals surface area contributed by atoms with Crippen LogP contribution in [0, 0.1) is 5.92 Å². The molecule has 1 atom stereocenters. The SMILES string of the molecule is CCCCCCCCCCCCCCCC(C=O)CCCC. The van der Waals surface area contributed by atoms with E-state index in [-0.39, 0.29) is 0 Å². The van der Waals surface area contributed by atoms with Crippen LogP contribution in [-0.4, -0.2) is 6.29 Å². The van der Waals surface area contributed by atoms with E-state index in [1.54, 1.807) is 0 Å². The fourth-order valence-electron chi connectivity index (χ4n) is 3.17. The van der Waals surface area contributed by atoms with Crippen molar-refractivity contribution in [2.24, 2.45) is 5.92 Å². The molecule has 0 aliphatic carbocycles. The van der Waals surface area contributed by atoms with Crippen molar-refractivity contribution >= 4 is 6.29 Å². The molecule has 0 saturated carbocycles. The molecule has 0 rings (SSSR count). The topological polar surface area (TPSA) is 17.1 Å². The first-order chi connectivity index (χ1) is 10.8. The van der Waals surface area contributed by atoms with E-state index in [9.17, 15) is 4.79 Å². The Morgan fingerprint density at radius 3 is 1.32 bits per heavy atom. The summed E-state index contributed by atoms with van der Waals surface area (Å²) in [5.74, 6) is 0.340. The highest BCUT2D eigenvalue weighted by atomic mass is 16.1. The molecule has 0 N–H and O–H groups in total. The first-order valence-corrected chi connectivity index (χ1v) is 10.3. The van der Waals surface area contributed by atoms with Gasteiger partial charge in [0.05, 0.1) is 0 Å². The van der Waals surface area contributed by atoms with Gasteiger partial charge in [0.15, 0.2) is 0 Å². The number of unbranched alkanes of at least 4 members (excludes halogenated alkanes) is 13. The molecule has 0 radical (unpaired) electrons. The summed E-state index contributed by atoms with van der Waals surface area (Å²) in [5.41, 5.74) is 0. The zero-order valence-corrected chi connectivity index (χ0v) is 15.6. The lowest BCUT2D eigenvalue weighted by atomic mass is 9.96. The first-order valence-electron chi connectivity index (χ1n) is 10.3. The van der Waals surface area contributed by atoms with Crippen molar-refractivity contribution in [1.82, 2.24) is 0 Å². The molecule has 0 aromatic heterocycles. The second kappa shape index (κ2) is 18.7. The van der Waals surface area contributed by atoms with Crippen LogP contribution in [0.15, 0.2) is 0 Å². The number of hydrogen-bond acceptors (Lipinski definition) is 1. The summed E-state index contributed by atoms with van der Waals surface area (Å²) in [4.78, 5) is 11.0. The van der Waals surface area contributed by atoms with Crippen LogP contribution in [0.5, 0.6) is 0 Å². The van der Waals surface area contributed by atoms with E-state index in [4.69, 9.17) is 0 Å². The minimum atomic E-state index is 0.340. The molecule has 0 aliphatic heterocycles. The van der Waals surface area contributed by atoms with Crippen LogP contribution < -0.4 is 0 Å². The Balaban J connectivity index is 3.14. The summed E-state index contributed by atoms with van der Waals surface area (Å²) in [5, 5.41) is 0. The molecule has 1 heteroatoms. The van der Waals surface area contributed by atoms with Gasteiger partial charge in [-0.2, -0.15) is 0 Å². The molecule has 0 aromatic rings. The monoisotopic (exact) mass is 310 g/mol. The summed E-state index contributed by atoms with van der Waals surface area (Å²) < 4.78 is 0. The van der Waals surface area contributed by atoms with Crippen LogP contribution in [0.2, 0.25) is 0 Å². The average Bonchev–Trinajstić information content (AvgIpc) is 2.54. The largest absolute Gasteiger partial charge is 0.303 e. The molecule has 0 spiro atoms. The van der Waals surface area contributed by atoms with Crippen LogP contribution in [0.4, 0.5) is 0 Å². The van der Waals surface area contributed by atoms with Gasteiger partial charge in [-0.15, -0.1) is 0 Å². The normalized spacial score (nSPS) is 12.5. The van der Waals surface area contributed by atoms with E-state index >= 15 is 0 Å². The lowest BCUT2D eigenvalue weighted by molar-refractivity contribution is -0.111. The van der Waals surface area contributed by atoms with Crippen molar-refractivity contribution in [3.05, 3.63) is 0 Å². The van der Waals surface area contributed by atoms with Gasteiger partial charge in [0, 0.05) is 5.92 Å². The van der Waals surface area contributed by atoms with Crippen LogP contribution in [0.1, 0.15) is 123 Å². The Morgan fingerprint density at radius 1 is 0.545 bits per heavy atom. The maximum atomic E-state index is 11.0. The molecule has 0 aromatic carbocycles. The van der Waals surface area contributed by atoms with E-state index in [1.807, 2.05) is 0 Å². The van der Waals surface area contributed by atoms with Crippen LogP contribution in [0.3, 0.4) is 0 Å². The Bertz CT molecular complexity index is 212. The van der Waals surface area contributed by atoms with Gasteiger partial charge in [-0.3, -0.25) is 0 Å². The van der Waals surface area contributed by atoms with E-state index in [1.165, 1.54) is 103 Å². The molecule has 0 aliphatic rings. The molecule has 0 amide bonds. The first kappa shape index (κ1) is 21.7. The Hall–Kier alpha value is -0.330. The molecule has 1 unspecified atom stereocenters. The second-order valence-electron chi connectivity index (χ2n) is 7.07. The zero-order chi connectivity index (χ0) is 16.3. The summed E-state index contributed by atoms with van der Waals surface area (Å²) in [7, 11) is 0. The average molecular weight is 311 g/mol. The van der Waals surface area contributed by atoms with Gasteiger partial charge in [0.25, 0.3) is 0 Å². The summed E-state index contributed by atoms with van der Waals surface area (Å²) in [6.07, 6.45) is 24.0. The third kappa shape index (κ3) is 16.0. The highest BCUT2D eigenvalue weighted by molar-refractivity contribution is 5.53. The van der Waals surface area contributed by atoms with E-state index < -0.39 is 0 Å². The van der Waals surface area contributed by atoms with Gasteiger partial charge >= 0.3 is 0 Å². The third-order valence-corrected chi connectivity index (χ3v) is 4.80. The van der Waals surface area contributed by atoms with Crippen molar-refractivity contribution in [1.29, 1.82) is 0 Å². The maximum absolute atomic E-state index is 11.0. The quantitative estimate of drug-likeness (QED) is 0.189. The van der Waals surface area contributed by atoms with E-state index in [0.717, 1.165) is 12.8 Å². The zero-order valence-electron chi connectivity index (χ0n) is 15.6. The van der Waals surface area contributed by atoms with Gasteiger partial charge in [0.2, 0.25) is 0 Å². The predicted molar refractivity (Wildman–Crippen MR) is 99.4 cm³/mol. The minimum absolute atomic E-state index is 0.340. The van der Waals surface area contributed by atoms with Crippen molar-refractivity contribution in [3.8, 4) is 0 Å². The summed E-state index contributed by atoms with van der Waals surface area (Å²) >= 11 is 0. The molecule has 0 heterocycles. The predicted octanol–water partition coefficient (Wildman–Crippen LogP) is 7.47. The second-order valence-corrected chi connectivity index (χ2v) is 7.07. The van der Waals surface area contributed by atoms with Gasteiger partial charge < -0.3 is 4.79 Å². The van der Waals surface area contributed by atoms with Crippen molar-refractivity contribution < 1.29 is 4.79 Å².